The fourth-order valence-corrected chi connectivity index (χ4v) is 3.75. The summed E-state index contributed by atoms with van der Waals surface area (Å²) in [5, 5.41) is 0. The summed E-state index contributed by atoms with van der Waals surface area (Å²) in [6.07, 6.45) is 4.82. The minimum Gasteiger partial charge on any atom is -0.485 e. The molecule has 0 aliphatic rings. The number of carbonyl (C=O) groups is 1. The van der Waals surface area contributed by atoms with Gasteiger partial charge < -0.3 is 19.1 Å². The van der Waals surface area contributed by atoms with E-state index in [0.29, 0.717) is 17.8 Å². The first-order valence-electron chi connectivity index (χ1n) is 12.3. The number of benzene rings is 3. The lowest BCUT2D eigenvalue weighted by atomic mass is 10.1. The van der Waals surface area contributed by atoms with Crippen LogP contribution in [0.15, 0.2) is 91.5 Å². The molecule has 1 aromatic heterocycles. The van der Waals surface area contributed by atoms with Crippen molar-refractivity contribution in [3.8, 4) is 11.5 Å². The second-order valence-electron chi connectivity index (χ2n) is 9.67. The molecule has 202 valence electrons. The van der Waals surface area contributed by atoms with Gasteiger partial charge in [0.05, 0.1) is 12.1 Å². The Morgan fingerprint density at radius 2 is 1.54 bits per heavy atom. The number of hydrogen-bond donors (Lipinski definition) is 0. The smallest absolute Gasteiger partial charge is 0.387 e. The molecule has 39 heavy (non-hydrogen) atoms. The highest BCUT2D eigenvalue weighted by atomic mass is 19.3. The average Bonchev–Trinajstić information content (AvgIpc) is 2.91. The molecule has 7 nitrogen and oxygen atoms in total. The highest BCUT2D eigenvalue weighted by Gasteiger charge is 2.20. The molecule has 0 saturated carbocycles. The summed E-state index contributed by atoms with van der Waals surface area (Å²) in [6, 6.07) is 21.1. The molecule has 4 rings (SSSR count). The molecular weight excluding hydrogens is 504 g/mol. The molecule has 0 atom stereocenters. The van der Waals surface area contributed by atoms with Gasteiger partial charge in [0, 0.05) is 35.4 Å². The summed E-state index contributed by atoms with van der Waals surface area (Å²) < 4.78 is 42.4. The van der Waals surface area contributed by atoms with Crippen molar-refractivity contribution in [3.63, 3.8) is 0 Å². The number of ether oxygens (including phenoxy) is 3. The van der Waals surface area contributed by atoms with Crippen LogP contribution in [-0.2, 0) is 17.9 Å². The maximum absolute atomic E-state index is 13.1. The van der Waals surface area contributed by atoms with E-state index in [9.17, 15) is 13.6 Å². The van der Waals surface area contributed by atoms with E-state index in [1.807, 2.05) is 56.0 Å². The third-order valence-electron chi connectivity index (χ3n) is 5.46. The molecule has 3 aromatic carbocycles. The first kappa shape index (κ1) is 27.5. The van der Waals surface area contributed by atoms with Gasteiger partial charge in [0.2, 0.25) is 0 Å². The van der Waals surface area contributed by atoms with E-state index in [1.54, 1.807) is 48.8 Å². The van der Waals surface area contributed by atoms with Gasteiger partial charge in [0.25, 0.3) is 0 Å². The predicted octanol–water partition coefficient (Wildman–Crippen LogP) is 6.95. The number of anilines is 2. The maximum atomic E-state index is 13.1. The van der Waals surface area contributed by atoms with Crippen LogP contribution >= 0.6 is 0 Å². The molecule has 9 heteroatoms. The summed E-state index contributed by atoms with van der Waals surface area (Å²) >= 11 is 0. The summed E-state index contributed by atoms with van der Waals surface area (Å²) in [5.41, 5.74) is 2.86. The molecule has 0 aliphatic carbocycles. The number of nitrogens with zero attached hydrogens (tertiary/aromatic N) is 3. The van der Waals surface area contributed by atoms with Gasteiger partial charge in [-0.15, -0.1) is 0 Å². The van der Waals surface area contributed by atoms with Gasteiger partial charge in [0.1, 0.15) is 18.5 Å². The van der Waals surface area contributed by atoms with Crippen molar-refractivity contribution in [2.75, 3.05) is 4.90 Å². The van der Waals surface area contributed by atoms with Gasteiger partial charge in [0.15, 0.2) is 11.5 Å². The number of esters is 1. The molecule has 0 radical (unpaired) electrons. The van der Waals surface area contributed by atoms with E-state index in [4.69, 9.17) is 14.2 Å². The van der Waals surface area contributed by atoms with Crippen LogP contribution in [0.2, 0.25) is 0 Å². The summed E-state index contributed by atoms with van der Waals surface area (Å²) in [5.74, 6) is -0.341. The summed E-state index contributed by atoms with van der Waals surface area (Å²) in [6.45, 7) is 2.94. The van der Waals surface area contributed by atoms with Gasteiger partial charge in [-0.2, -0.15) is 8.78 Å². The second kappa shape index (κ2) is 12.3. The van der Waals surface area contributed by atoms with Crippen molar-refractivity contribution in [2.45, 2.75) is 46.1 Å². The number of aromatic nitrogens is 2. The largest absolute Gasteiger partial charge is 0.485 e. The molecule has 0 spiro atoms. The van der Waals surface area contributed by atoms with Gasteiger partial charge in [-0.1, -0.05) is 30.3 Å². The molecule has 4 aromatic rings. The van der Waals surface area contributed by atoms with Gasteiger partial charge in [-0.25, -0.2) is 14.8 Å². The molecular formula is C30H29F2N3O4. The normalized spacial score (nSPS) is 11.2. The average molecular weight is 534 g/mol. The first-order valence-corrected chi connectivity index (χ1v) is 12.3. The van der Waals surface area contributed by atoms with Crippen LogP contribution in [0.1, 0.15) is 42.3 Å². The fraction of sp³-hybridized carbons (Fsp3) is 0.233. The standard InChI is InChI=1S/C30H29F2N3O4/c1-30(2,3)39-28(36)23-9-11-24(12-10-23)35(18-22-16-33-20-34-17-22)25-13-14-26(38-29(31)32)27(15-25)37-19-21-7-5-4-6-8-21/h4-17,20,29H,18-19H2,1-3H3. The maximum Gasteiger partial charge on any atom is 0.387 e. The van der Waals surface area contributed by atoms with Gasteiger partial charge in [-0.3, -0.25) is 0 Å². The summed E-state index contributed by atoms with van der Waals surface area (Å²) in [7, 11) is 0. The molecule has 0 unspecified atom stereocenters. The van der Waals surface area contributed by atoms with Crippen molar-refractivity contribution in [1.82, 2.24) is 9.97 Å². The molecule has 0 fully saturated rings. The van der Waals surface area contributed by atoms with E-state index < -0.39 is 18.2 Å². The van der Waals surface area contributed by atoms with E-state index in [2.05, 4.69) is 9.97 Å². The minimum atomic E-state index is -3.01. The van der Waals surface area contributed by atoms with E-state index >= 15 is 0 Å². The third kappa shape index (κ3) is 7.98. The Hall–Kier alpha value is -4.53. The zero-order valence-electron chi connectivity index (χ0n) is 21.9. The Kier molecular flexibility index (Phi) is 8.70. The highest BCUT2D eigenvalue weighted by Crippen LogP contribution is 2.37. The molecule has 0 saturated heterocycles. The number of carbonyl (C=O) groups excluding carboxylic acids is 1. The quantitative estimate of drug-likeness (QED) is 0.204. The Balaban J connectivity index is 1.68. The van der Waals surface area contributed by atoms with E-state index in [1.165, 1.54) is 12.4 Å². The Morgan fingerprint density at radius 1 is 0.872 bits per heavy atom. The second-order valence-corrected chi connectivity index (χ2v) is 9.67. The minimum absolute atomic E-state index is 0.0760. The van der Waals surface area contributed by atoms with Crippen LogP contribution in [0.25, 0.3) is 0 Å². The molecule has 0 bridgehead atoms. The molecule has 1 heterocycles. The van der Waals surface area contributed by atoms with Crippen molar-refractivity contribution in [3.05, 3.63) is 108 Å². The number of rotatable bonds is 10. The van der Waals surface area contributed by atoms with E-state index in [-0.39, 0.29) is 18.1 Å². The lowest BCUT2D eigenvalue weighted by Gasteiger charge is -2.26. The molecule has 0 aliphatic heterocycles. The fourth-order valence-electron chi connectivity index (χ4n) is 3.75. The van der Waals surface area contributed by atoms with Gasteiger partial charge in [-0.05, 0) is 62.7 Å². The van der Waals surface area contributed by atoms with Crippen LogP contribution in [0, 0.1) is 0 Å². The zero-order chi connectivity index (χ0) is 27.8. The van der Waals surface area contributed by atoms with Crippen LogP contribution < -0.4 is 14.4 Å². The third-order valence-corrected chi connectivity index (χ3v) is 5.46. The van der Waals surface area contributed by atoms with Crippen molar-refractivity contribution in [1.29, 1.82) is 0 Å². The lowest BCUT2D eigenvalue weighted by molar-refractivity contribution is -0.0516. The zero-order valence-corrected chi connectivity index (χ0v) is 21.9. The number of alkyl halides is 2. The predicted molar refractivity (Wildman–Crippen MR) is 143 cm³/mol. The van der Waals surface area contributed by atoms with Crippen molar-refractivity contribution >= 4 is 17.3 Å². The Morgan fingerprint density at radius 3 is 2.18 bits per heavy atom. The topological polar surface area (TPSA) is 73.8 Å². The Labute approximate surface area is 226 Å². The van der Waals surface area contributed by atoms with Gasteiger partial charge >= 0.3 is 12.6 Å². The number of halogens is 2. The van der Waals surface area contributed by atoms with Crippen molar-refractivity contribution < 1.29 is 27.8 Å². The molecule has 0 amide bonds. The lowest BCUT2D eigenvalue weighted by Crippen LogP contribution is -2.24. The monoisotopic (exact) mass is 533 g/mol. The molecule has 0 N–H and O–H groups in total. The number of hydrogen-bond acceptors (Lipinski definition) is 7. The van der Waals surface area contributed by atoms with Crippen molar-refractivity contribution in [2.24, 2.45) is 0 Å². The summed E-state index contributed by atoms with van der Waals surface area (Å²) in [4.78, 5) is 22.6. The van der Waals surface area contributed by atoms with Crippen LogP contribution in [0.5, 0.6) is 11.5 Å². The highest BCUT2D eigenvalue weighted by molar-refractivity contribution is 5.90. The van der Waals surface area contributed by atoms with Crippen LogP contribution in [-0.4, -0.2) is 28.1 Å². The van der Waals surface area contributed by atoms with E-state index in [0.717, 1.165) is 16.8 Å². The van der Waals surface area contributed by atoms with Crippen LogP contribution in [0.4, 0.5) is 20.2 Å². The Bertz CT molecular complexity index is 1360. The SMILES string of the molecule is CC(C)(C)OC(=O)c1ccc(N(Cc2cncnc2)c2ccc(OC(F)F)c(OCc3ccccc3)c2)cc1. The first-order chi connectivity index (χ1) is 18.7. The van der Waals surface area contributed by atoms with Crippen LogP contribution in [0.3, 0.4) is 0 Å².